The average molecular weight is 423 g/mol. The van der Waals surface area contributed by atoms with Gasteiger partial charge in [-0.3, -0.25) is 0 Å². The van der Waals surface area contributed by atoms with Crippen LogP contribution >= 0.6 is 17.6 Å². The summed E-state index contributed by atoms with van der Waals surface area (Å²) in [5.41, 5.74) is 13.8. The largest absolute Gasteiger partial charge is 0.674 e. The number of nitrogens with one attached hydrogen (secondary N) is 2. The number of halogens is 1. The fourth-order valence-corrected chi connectivity index (χ4v) is 4.21. The first kappa shape index (κ1) is 21.7. The second-order valence-corrected chi connectivity index (χ2v) is 6.93. The molecule has 0 amide bonds. The van der Waals surface area contributed by atoms with Crippen LogP contribution in [-0.2, 0) is 17.3 Å². The van der Waals surface area contributed by atoms with Crippen LogP contribution in [0, 0.1) is 6.92 Å². The van der Waals surface area contributed by atoms with Gasteiger partial charge in [-0.05, 0) is 24.3 Å². The quantitative estimate of drug-likeness (QED) is 0.375. The number of hydrogen-bond donors (Lipinski definition) is 0. The molecule has 0 heterocycles. The van der Waals surface area contributed by atoms with Gasteiger partial charge in [0.2, 0.25) is 0 Å². The van der Waals surface area contributed by atoms with Gasteiger partial charge in [-0.1, -0.05) is 36.4 Å². The average Bonchev–Trinajstić information content (AvgIpc) is 2.63. The Morgan fingerprint density at radius 3 is 1.45 bits per heavy atom. The minimum atomic E-state index is -0.738. The summed E-state index contributed by atoms with van der Waals surface area (Å²) in [5.74, 6) is 0. The molecule has 0 saturated carbocycles. The molecule has 0 aliphatic heterocycles. The Balaban J connectivity index is 0.000000640. The first-order valence-corrected chi connectivity index (χ1v) is 11.0. The third-order valence-corrected chi connectivity index (χ3v) is 5.61. The van der Waals surface area contributed by atoms with E-state index in [0.717, 1.165) is 12.6 Å². The van der Waals surface area contributed by atoms with Crippen molar-refractivity contribution >= 4 is 28.2 Å². The molecular weight excluding hydrogens is 400 g/mol. The zero-order valence-electron chi connectivity index (χ0n) is 12.5. The van der Waals surface area contributed by atoms with Gasteiger partial charge in [0.05, 0.1) is 18.5 Å². The van der Waals surface area contributed by atoms with Crippen molar-refractivity contribution in [3.63, 3.8) is 0 Å². The van der Waals surface area contributed by atoms with Gasteiger partial charge in [0, 0.05) is 6.16 Å². The smallest absolute Gasteiger partial charge is 0.0966 e. The summed E-state index contributed by atoms with van der Waals surface area (Å²) in [6.45, 7) is 4.39. The Bertz CT molecular complexity index is 415. The zero-order valence-corrected chi connectivity index (χ0v) is 16.0. The van der Waals surface area contributed by atoms with Crippen LogP contribution in [0.25, 0.3) is 11.5 Å². The summed E-state index contributed by atoms with van der Waals surface area (Å²) >= 11 is 1.82. The molecule has 0 saturated heterocycles. The Morgan fingerprint density at radius 1 is 0.818 bits per heavy atom. The molecule has 5 heteroatoms. The van der Waals surface area contributed by atoms with Gasteiger partial charge in [-0.25, -0.2) is 6.42 Å². The van der Waals surface area contributed by atoms with Crippen LogP contribution in [0.4, 0.5) is 0 Å². The molecule has 0 radical (unpaired) electrons. The van der Waals surface area contributed by atoms with Gasteiger partial charge in [0.25, 0.3) is 0 Å². The fraction of sp³-hybridized carbons (Fsp3) is 0.235. The summed E-state index contributed by atoms with van der Waals surface area (Å²) in [5, 5.41) is 2.82. The molecule has 2 nitrogen and oxygen atoms in total. The molecule has 0 bridgehead atoms. The van der Waals surface area contributed by atoms with E-state index >= 15 is 0 Å². The van der Waals surface area contributed by atoms with Crippen LogP contribution in [0.5, 0.6) is 0 Å². The van der Waals surface area contributed by atoms with Crippen molar-refractivity contribution in [2.24, 2.45) is 0 Å². The van der Waals surface area contributed by atoms with Crippen molar-refractivity contribution in [2.45, 2.75) is 6.42 Å². The fourth-order valence-electron chi connectivity index (χ4n) is 1.86. The maximum atomic E-state index is 7.46. The van der Waals surface area contributed by atoms with Crippen molar-refractivity contribution in [1.29, 1.82) is 0 Å². The topological polar surface area (TPSA) is 47.6 Å². The number of rotatable bonds is 5. The molecule has 0 unspecified atom stereocenters. The Kier molecular flexibility index (Phi) is 15.4. The Labute approximate surface area is 150 Å². The molecule has 0 fully saturated rings. The molecule has 0 atom stereocenters. The van der Waals surface area contributed by atoms with Crippen molar-refractivity contribution < 1.29 is 17.3 Å². The van der Waals surface area contributed by atoms with Crippen LogP contribution in [0.2, 0.25) is 0 Å². The van der Waals surface area contributed by atoms with E-state index in [1.807, 2.05) is 17.3 Å². The molecule has 22 heavy (non-hydrogen) atoms. The number of hydrogen-bond acceptors (Lipinski definition) is 0. The molecule has 120 valence electrons. The van der Waals surface area contributed by atoms with Gasteiger partial charge < -0.3 is 18.4 Å². The summed E-state index contributed by atoms with van der Waals surface area (Å²) in [7, 11) is 3.83. The normalized spacial score (nSPS) is 9.32. The van der Waals surface area contributed by atoms with E-state index in [1.165, 1.54) is 10.6 Å². The molecule has 0 spiro atoms. The van der Waals surface area contributed by atoms with Crippen molar-refractivity contribution in [3.8, 4) is 0 Å². The van der Waals surface area contributed by atoms with Crippen LogP contribution in [0.3, 0.4) is 0 Å². The third kappa shape index (κ3) is 8.98. The van der Waals surface area contributed by atoms with Crippen LogP contribution in [0.15, 0.2) is 60.7 Å². The van der Waals surface area contributed by atoms with Gasteiger partial charge in [-0.2, -0.15) is 6.54 Å². The van der Waals surface area contributed by atoms with E-state index in [2.05, 4.69) is 77.3 Å². The molecule has 0 aliphatic rings. The second-order valence-electron chi connectivity index (χ2n) is 4.31. The summed E-state index contributed by atoms with van der Waals surface area (Å²) in [6, 6.07) is 21.2. The maximum absolute atomic E-state index is 7.46. The van der Waals surface area contributed by atoms with Crippen LogP contribution < -0.4 is 10.6 Å². The second kappa shape index (κ2) is 15.6. The maximum Gasteiger partial charge on any atom is 0.0966 e. The van der Waals surface area contributed by atoms with E-state index in [1.54, 1.807) is 0 Å². The van der Waals surface area contributed by atoms with E-state index in [4.69, 9.17) is 11.5 Å². The van der Waals surface area contributed by atoms with Crippen molar-refractivity contribution in [2.75, 3.05) is 19.3 Å². The van der Waals surface area contributed by atoms with E-state index < -0.39 is 7.92 Å². The van der Waals surface area contributed by atoms with E-state index in [9.17, 15) is 0 Å². The minimum absolute atomic E-state index is 0.458. The van der Waals surface area contributed by atoms with Crippen molar-refractivity contribution in [3.05, 3.63) is 79.1 Å². The number of benzene rings is 2. The molecule has 2 aromatic carbocycles. The minimum Gasteiger partial charge on any atom is -0.674 e. The SMILES string of the molecule is [CH2-]CC[NH-].[Cl][Ru+3].[NH-]CC[PH+](c1ccccc1)c1ccccc1. The van der Waals surface area contributed by atoms with Crippen molar-refractivity contribution in [1.82, 2.24) is 0 Å². The van der Waals surface area contributed by atoms with Crippen LogP contribution in [-0.4, -0.2) is 19.3 Å². The third-order valence-electron chi connectivity index (χ3n) is 2.80. The molecule has 0 aromatic heterocycles. The summed E-state index contributed by atoms with van der Waals surface area (Å²) in [6.07, 6.45) is 1.72. The molecule has 2 rings (SSSR count). The van der Waals surface area contributed by atoms with Gasteiger partial charge in [0.1, 0.15) is 0 Å². The van der Waals surface area contributed by atoms with E-state index in [-0.39, 0.29) is 0 Å². The molecule has 0 aliphatic carbocycles. The molecular formula is C17H23ClN2PRu+. The standard InChI is InChI=1S/C14H15NP.C3H7N.ClH.Ru/c15-11-12-16(13-7-3-1-4-8-13)14-9-5-2-6-10-14;1-2-3-4;;/h1-10,15H,11-12H2;4H,1-3H2;1H;/q-1;-2;;+4. The zero-order chi connectivity index (χ0) is 16.6. The Hall–Kier alpha value is -0.297. The van der Waals surface area contributed by atoms with Gasteiger partial charge in [-0.15, -0.1) is 6.54 Å². The van der Waals surface area contributed by atoms with E-state index in [0.29, 0.717) is 13.1 Å². The molecule has 2 N–H and O–H groups in total. The first-order chi connectivity index (χ1) is 10.8. The first-order valence-electron chi connectivity index (χ1n) is 7.02. The predicted octanol–water partition coefficient (Wildman–Crippen LogP) is 4.85. The van der Waals surface area contributed by atoms with Gasteiger partial charge in [0.15, 0.2) is 0 Å². The summed E-state index contributed by atoms with van der Waals surface area (Å²) in [4.78, 5) is 0. The van der Waals surface area contributed by atoms with Crippen LogP contribution in [0.1, 0.15) is 6.42 Å². The predicted molar refractivity (Wildman–Crippen MR) is 99.5 cm³/mol. The van der Waals surface area contributed by atoms with Gasteiger partial charge >= 0.3 is 27.0 Å². The monoisotopic (exact) mass is 423 g/mol. The Morgan fingerprint density at radius 2 is 1.18 bits per heavy atom. The molecule has 2 aromatic rings. The summed E-state index contributed by atoms with van der Waals surface area (Å²) < 4.78 is 0.